The average Bonchev–Trinajstić information content (AvgIpc) is 3.24. The molecule has 1 aliphatic heterocycles. The molecule has 1 saturated heterocycles. The average molecular weight is 392 g/mol. The maximum absolute atomic E-state index is 10.5. The van der Waals surface area contributed by atoms with E-state index in [-0.39, 0.29) is 11.3 Å². The van der Waals surface area contributed by atoms with Crippen molar-refractivity contribution in [3.05, 3.63) is 48.4 Å². The van der Waals surface area contributed by atoms with Crippen LogP contribution in [-0.4, -0.2) is 49.5 Å². The number of nitrogens with zero attached hydrogens (tertiary/aromatic N) is 4. The zero-order valence-corrected chi connectivity index (χ0v) is 17.6. The molecule has 6 nitrogen and oxygen atoms in total. The van der Waals surface area contributed by atoms with Gasteiger partial charge in [0.15, 0.2) is 0 Å². The molecule has 3 heterocycles. The van der Waals surface area contributed by atoms with Crippen LogP contribution in [0.4, 0.5) is 0 Å². The summed E-state index contributed by atoms with van der Waals surface area (Å²) in [5, 5.41) is 26.1. The highest BCUT2D eigenvalue weighted by Gasteiger charge is 2.39. The molecule has 0 spiro atoms. The third kappa shape index (κ3) is 3.77. The predicted molar refractivity (Wildman–Crippen MR) is 114 cm³/mol. The molecule has 0 aliphatic carbocycles. The largest absolute Gasteiger partial charge is 0.507 e. The van der Waals surface area contributed by atoms with Crippen molar-refractivity contribution in [1.82, 2.24) is 25.3 Å². The number of piperidine rings is 1. The van der Waals surface area contributed by atoms with Crippen molar-refractivity contribution < 1.29 is 5.11 Å². The SMILES string of the molecule is CC1C(Cc2ccc(-c3ccc(-c4cn[nH]c4)cc3O)nn2)CCN(C)C1(C)C. The van der Waals surface area contributed by atoms with Crippen molar-refractivity contribution in [1.29, 1.82) is 0 Å². The van der Waals surface area contributed by atoms with Crippen LogP contribution < -0.4 is 0 Å². The number of aromatic hydroxyl groups is 1. The molecule has 0 radical (unpaired) electrons. The Bertz CT molecular complexity index is 965. The summed E-state index contributed by atoms with van der Waals surface area (Å²) in [7, 11) is 2.21. The molecule has 29 heavy (non-hydrogen) atoms. The number of phenols is 1. The van der Waals surface area contributed by atoms with Gasteiger partial charge in [-0.25, -0.2) is 0 Å². The maximum Gasteiger partial charge on any atom is 0.125 e. The first-order chi connectivity index (χ1) is 13.9. The van der Waals surface area contributed by atoms with Gasteiger partial charge in [0, 0.05) is 22.9 Å². The lowest BCUT2D eigenvalue weighted by molar-refractivity contribution is 0.0131. The Kier molecular flexibility index (Phi) is 5.13. The van der Waals surface area contributed by atoms with Crippen molar-refractivity contribution in [2.24, 2.45) is 11.8 Å². The van der Waals surface area contributed by atoms with Crippen LogP contribution in [-0.2, 0) is 6.42 Å². The number of aromatic nitrogens is 4. The van der Waals surface area contributed by atoms with Gasteiger partial charge >= 0.3 is 0 Å². The number of rotatable bonds is 4. The fourth-order valence-electron chi connectivity index (χ4n) is 4.32. The summed E-state index contributed by atoms with van der Waals surface area (Å²) < 4.78 is 0. The second-order valence-corrected chi connectivity index (χ2v) is 8.75. The quantitative estimate of drug-likeness (QED) is 0.699. The summed E-state index contributed by atoms with van der Waals surface area (Å²) in [6.45, 7) is 8.12. The second-order valence-electron chi connectivity index (χ2n) is 8.75. The molecule has 3 aromatic rings. The van der Waals surface area contributed by atoms with E-state index in [1.54, 1.807) is 18.5 Å². The van der Waals surface area contributed by atoms with Crippen LogP contribution in [0.1, 0.15) is 32.9 Å². The van der Waals surface area contributed by atoms with E-state index in [0.717, 1.165) is 29.8 Å². The third-order valence-electron chi connectivity index (χ3n) is 6.94. The van der Waals surface area contributed by atoms with Crippen LogP contribution >= 0.6 is 0 Å². The van der Waals surface area contributed by atoms with E-state index in [9.17, 15) is 5.11 Å². The topological polar surface area (TPSA) is 77.9 Å². The highest BCUT2D eigenvalue weighted by Crippen LogP contribution is 2.38. The van der Waals surface area contributed by atoms with Gasteiger partial charge in [0.25, 0.3) is 0 Å². The van der Waals surface area contributed by atoms with Crippen LogP contribution in [0, 0.1) is 11.8 Å². The number of nitrogens with one attached hydrogen (secondary N) is 1. The molecule has 152 valence electrons. The number of hydrogen-bond acceptors (Lipinski definition) is 5. The summed E-state index contributed by atoms with van der Waals surface area (Å²) >= 11 is 0. The monoisotopic (exact) mass is 391 g/mol. The van der Waals surface area contributed by atoms with E-state index in [2.05, 4.69) is 53.1 Å². The van der Waals surface area contributed by atoms with E-state index in [1.165, 1.54) is 6.42 Å². The molecular weight excluding hydrogens is 362 g/mol. The lowest BCUT2D eigenvalue weighted by atomic mass is 9.72. The molecule has 4 rings (SSSR count). The van der Waals surface area contributed by atoms with Crippen molar-refractivity contribution in [3.8, 4) is 28.1 Å². The van der Waals surface area contributed by atoms with Gasteiger partial charge in [-0.05, 0) is 81.9 Å². The van der Waals surface area contributed by atoms with E-state index in [1.807, 2.05) is 24.3 Å². The standard InChI is InChI=1S/C23H29N5O/c1-15-16(9-10-28(4)23(15,2)3)11-19-6-8-21(27-26-19)20-7-5-17(12-22(20)29)18-13-24-25-14-18/h5-8,12-16,29H,9-11H2,1-4H3,(H,24,25). The number of phenolic OH excluding ortho intramolecular Hbond substituents is 1. The summed E-state index contributed by atoms with van der Waals surface area (Å²) in [5.74, 6) is 1.38. The van der Waals surface area contributed by atoms with Gasteiger partial charge in [-0.15, -0.1) is 0 Å². The molecule has 0 bridgehead atoms. The molecule has 2 N–H and O–H groups in total. The molecule has 6 heteroatoms. The molecule has 2 aromatic heterocycles. The van der Waals surface area contributed by atoms with Crippen LogP contribution in [0.15, 0.2) is 42.7 Å². The number of aromatic amines is 1. The van der Waals surface area contributed by atoms with Crippen molar-refractivity contribution in [2.75, 3.05) is 13.6 Å². The minimum atomic E-state index is 0.191. The summed E-state index contributed by atoms with van der Waals surface area (Å²) in [6.07, 6.45) is 5.65. The third-order valence-corrected chi connectivity index (χ3v) is 6.94. The molecule has 0 saturated carbocycles. The van der Waals surface area contributed by atoms with Crippen molar-refractivity contribution in [2.45, 2.75) is 39.2 Å². The summed E-state index contributed by atoms with van der Waals surface area (Å²) in [6, 6.07) is 9.57. The molecule has 2 unspecified atom stereocenters. The molecule has 0 amide bonds. The second kappa shape index (κ2) is 7.59. The van der Waals surface area contributed by atoms with Gasteiger partial charge < -0.3 is 10.0 Å². The molecule has 1 aromatic carbocycles. The molecular formula is C23H29N5O. The Labute approximate surface area is 172 Å². The maximum atomic E-state index is 10.5. The van der Waals surface area contributed by atoms with E-state index >= 15 is 0 Å². The van der Waals surface area contributed by atoms with Crippen LogP contribution in [0.25, 0.3) is 22.4 Å². The fraction of sp³-hybridized carbons (Fsp3) is 0.435. The van der Waals surface area contributed by atoms with E-state index < -0.39 is 0 Å². The number of hydrogen-bond donors (Lipinski definition) is 2. The number of benzene rings is 1. The lowest BCUT2D eigenvalue weighted by Crippen LogP contribution is -2.53. The van der Waals surface area contributed by atoms with Crippen molar-refractivity contribution in [3.63, 3.8) is 0 Å². The van der Waals surface area contributed by atoms with Gasteiger partial charge in [0.05, 0.1) is 17.6 Å². The van der Waals surface area contributed by atoms with Gasteiger partial charge in [0.1, 0.15) is 5.75 Å². The van der Waals surface area contributed by atoms with E-state index in [0.29, 0.717) is 23.1 Å². The van der Waals surface area contributed by atoms with Crippen molar-refractivity contribution >= 4 is 0 Å². The van der Waals surface area contributed by atoms with E-state index in [4.69, 9.17) is 0 Å². The normalized spacial score (nSPS) is 21.9. The highest BCUT2D eigenvalue weighted by atomic mass is 16.3. The summed E-state index contributed by atoms with van der Waals surface area (Å²) in [4.78, 5) is 2.46. The van der Waals surface area contributed by atoms with Gasteiger partial charge in [0.2, 0.25) is 0 Å². The Hall–Kier alpha value is -2.73. The first-order valence-electron chi connectivity index (χ1n) is 10.2. The molecule has 1 aliphatic rings. The van der Waals surface area contributed by atoms with Crippen LogP contribution in [0.5, 0.6) is 5.75 Å². The Morgan fingerprint density at radius 3 is 2.66 bits per heavy atom. The minimum Gasteiger partial charge on any atom is -0.507 e. The smallest absolute Gasteiger partial charge is 0.125 e. The predicted octanol–water partition coefficient (Wildman–Crippen LogP) is 4.15. The molecule has 1 fully saturated rings. The summed E-state index contributed by atoms with van der Waals surface area (Å²) in [5.41, 5.74) is 4.41. The van der Waals surface area contributed by atoms with Gasteiger partial charge in [-0.3, -0.25) is 5.10 Å². The number of H-pyrrole nitrogens is 1. The van der Waals surface area contributed by atoms with Gasteiger partial charge in [-0.1, -0.05) is 13.0 Å². The highest BCUT2D eigenvalue weighted by molar-refractivity contribution is 5.73. The van der Waals surface area contributed by atoms with Crippen LogP contribution in [0.2, 0.25) is 0 Å². The Morgan fingerprint density at radius 1 is 1.17 bits per heavy atom. The zero-order valence-electron chi connectivity index (χ0n) is 17.6. The number of likely N-dealkylation sites (tertiary alicyclic amines) is 1. The van der Waals surface area contributed by atoms with Gasteiger partial charge in [-0.2, -0.15) is 15.3 Å². The first kappa shape index (κ1) is 19.6. The Balaban J connectivity index is 1.50. The Morgan fingerprint density at radius 2 is 2.00 bits per heavy atom. The minimum absolute atomic E-state index is 0.191. The first-order valence-corrected chi connectivity index (χ1v) is 10.2. The lowest BCUT2D eigenvalue weighted by Gasteiger charge is -2.49. The van der Waals surface area contributed by atoms with Crippen LogP contribution in [0.3, 0.4) is 0 Å². The fourth-order valence-corrected chi connectivity index (χ4v) is 4.32. The molecule has 2 atom stereocenters. The zero-order chi connectivity index (χ0) is 20.6.